The lowest BCUT2D eigenvalue weighted by atomic mass is 9.94. The molecule has 0 aliphatic rings. The largest absolute Gasteiger partial charge is 0.463 e. The molecule has 0 fully saturated rings. The monoisotopic (exact) mass is 232 g/mol. The Morgan fingerprint density at radius 1 is 1.29 bits per heavy atom. The summed E-state index contributed by atoms with van der Waals surface area (Å²) in [6.07, 6.45) is 2.97. The fraction of sp³-hybridized carbons (Fsp3) is 0.400. The van der Waals surface area contributed by atoms with Crippen molar-refractivity contribution in [3.63, 3.8) is 0 Å². The van der Waals surface area contributed by atoms with Crippen LogP contribution in [-0.2, 0) is 9.53 Å². The van der Waals surface area contributed by atoms with Crippen molar-refractivity contribution in [1.82, 2.24) is 0 Å². The summed E-state index contributed by atoms with van der Waals surface area (Å²) < 4.78 is 4.98. The third-order valence-corrected chi connectivity index (χ3v) is 2.72. The molecule has 1 rings (SSSR count). The van der Waals surface area contributed by atoms with Crippen LogP contribution in [0.25, 0.3) is 0 Å². The van der Waals surface area contributed by atoms with E-state index in [0.717, 1.165) is 6.42 Å². The Morgan fingerprint density at radius 2 is 1.94 bits per heavy atom. The van der Waals surface area contributed by atoms with Crippen LogP contribution in [0.5, 0.6) is 0 Å². The molecule has 0 aliphatic carbocycles. The first-order valence-corrected chi connectivity index (χ1v) is 6.09. The second-order valence-corrected chi connectivity index (χ2v) is 4.00. The van der Waals surface area contributed by atoms with Gasteiger partial charge >= 0.3 is 5.97 Å². The van der Waals surface area contributed by atoms with Gasteiger partial charge in [0.05, 0.1) is 6.61 Å². The summed E-state index contributed by atoms with van der Waals surface area (Å²) in [5.41, 5.74) is 1.92. The van der Waals surface area contributed by atoms with Gasteiger partial charge in [0.15, 0.2) is 0 Å². The van der Waals surface area contributed by atoms with Crippen LogP contribution < -0.4 is 0 Å². The Bertz CT molecular complexity index is 379. The van der Waals surface area contributed by atoms with Crippen molar-refractivity contribution in [1.29, 1.82) is 0 Å². The van der Waals surface area contributed by atoms with Gasteiger partial charge in [0, 0.05) is 11.5 Å². The van der Waals surface area contributed by atoms with E-state index >= 15 is 0 Å². The second kappa shape index (κ2) is 6.89. The van der Waals surface area contributed by atoms with Crippen LogP contribution in [0, 0.1) is 0 Å². The molecular formula is C15H20O2. The van der Waals surface area contributed by atoms with Crippen LogP contribution in [0.4, 0.5) is 0 Å². The molecule has 0 spiro atoms. The van der Waals surface area contributed by atoms with Crippen LogP contribution in [-0.4, -0.2) is 12.6 Å². The number of hydrogen-bond acceptors (Lipinski definition) is 2. The average molecular weight is 232 g/mol. The molecule has 17 heavy (non-hydrogen) atoms. The third-order valence-electron chi connectivity index (χ3n) is 2.72. The number of ether oxygens (including phenoxy) is 1. The minimum Gasteiger partial charge on any atom is -0.463 e. The lowest BCUT2D eigenvalue weighted by molar-refractivity contribution is -0.138. The Kier molecular flexibility index (Phi) is 5.47. The highest BCUT2D eigenvalue weighted by Gasteiger charge is 2.10. The SMILES string of the molecule is CCOC(=O)C(C)=CC(CC)c1ccccc1. The van der Waals surface area contributed by atoms with Crippen molar-refractivity contribution in [2.75, 3.05) is 6.61 Å². The number of allylic oxidation sites excluding steroid dienone is 1. The van der Waals surface area contributed by atoms with Crippen LogP contribution in [0.2, 0.25) is 0 Å². The lowest BCUT2D eigenvalue weighted by Gasteiger charge is -2.12. The zero-order valence-corrected chi connectivity index (χ0v) is 10.8. The maximum atomic E-state index is 11.5. The van der Waals surface area contributed by atoms with E-state index < -0.39 is 0 Å². The summed E-state index contributed by atoms with van der Waals surface area (Å²) >= 11 is 0. The van der Waals surface area contributed by atoms with E-state index in [2.05, 4.69) is 19.1 Å². The van der Waals surface area contributed by atoms with E-state index in [4.69, 9.17) is 4.74 Å². The average Bonchev–Trinajstić information content (AvgIpc) is 2.37. The van der Waals surface area contributed by atoms with Crippen molar-refractivity contribution in [3.05, 3.63) is 47.5 Å². The molecule has 0 amide bonds. The van der Waals surface area contributed by atoms with E-state index in [1.807, 2.05) is 38.1 Å². The van der Waals surface area contributed by atoms with Gasteiger partial charge in [-0.25, -0.2) is 4.79 Å². The fourth-order valence-electron chi connectivity index (χ4n) is 1.76. The minimum absolute atomic E-state index is 0.220. The Balaban J connectivity index is 2.82. The van der Waals surface area contributed by atoms with Crippen molar-refractivity contribution >= 4 is 5.97 Å². The highest BCUT2D eigenvalue weighted by molar-refractivity contribution is 5.87. The molecule has 1 atom stereocenters. The first-order valence-electron chi connectivity index (χ1n) is 6.09. The maximum absolute atomic E-state index is 11.5. The standard InChI is InChI=1S/C15H20O2/c1-4-13(14-9-7-6-8-10-14)11-12(3)15(16)17-5-2/h6-11,13H,4-5H2,1-3H3. The molecule has 0 bridgehead atoms. The molecule has 2 nitrogen and oxygen atoms in total. The Hall–Kier alpha value is -1.57. The normalized spacial score (nSPS) is 13.2. The lowest BCUT2D eigenvalue weighted by Crippen LogP contribution is -2.06. The number of benzene rings is 1. The van der Waals surface area contributed by atoms with E-state index in [9.17, 15) is 4.79 Å². The van der Waals surface area contributed by atoms with Crippen LogP contribution in [0.3, 0.4) is 0 Å². The Labute approximate surface area is 103 Å². The molecule has 0 saturated carbocycles. The van der Waals surface area contributed by atoms with Gasteiger partial charge in [0.2, 0.25) is 0 Å². The molecule has 1 unspecified atom stereocenters. The summed E-state index contributed by atoms with van der Waals surface area (Å²) in [5.74, 6) is 0.0579. The topological polar surface area (TPSA) is 26.3 Å². The summed E-state index contributed by atoms with van der Waals surface area (Å²) in [5, 5.41) is 0. The maximum Gasteiger partial charge on any atom is 0.333 e. The number of esters is 1. The molecule has 0 N–H and O–H groups in total. The molecule has 0 heterocycles. The van der Waals surface area contributed by atoms with E-state index in [1.165, 1.54) is 5.56 Å². The summed E-state index contributed by atoms with van der Waals surface area (Å²) in [7, 11) is 0. The number of hydrogen-bond donors (Lipinski definition) is 0. The molecule has 0 saturated heterocycles. The summed E-state index contributed by atoms with van der Waals surface area (Å²) in [6.45, 7) is 6.17. The fourth-order valence-corrected chi connectivity index (χ4v) is 1.76. The zero-order chi connectivity index (χ0) is 12.7. The molecule has 1 aromatic carbocycles. The van der Waals surface area contributed by atoms with Gasteiger partial charge in [-0.2, -0.15) is 0 Å². The smallest absolute Gasteiger partial charge is 0.333 e. The zero-order valence-electron chi connectivity index (χ0n) is 10.8. The van der Waals surface area contributed by atoms with Crippen LogP contribution in [0.1, 0.15) is 38.7 Å². The molecular weight excluding hydrogens is 212 g/mol. The van der Waals surface area contributed by atoms with Gasteiger partial charge in [-0.15, -0.1) is 0 Å². The van der Waals surface area contributed by atoms with Crippen molar-refractivity contribution in [2.24, 2.45) is 0 Å². The number of rotatable bonds is 5. The first-order chi connectivity index (χ1) is 8.19. The molecule has 1 aromatic rings. The van der Waals surface area contributed by atoms with Gasteiger partial charge < -0.3 is 4.74 Å². The summed E-state index contributed by atoms with van der Waals surface area (Å²) in [6, 6.07) is 10.2. The highest BCUT2D eigenvalue weighted by Crippen LogP contribution is 2.22. The minimum atomic E-state index is -0.220. The first kappa shape index (κ1) is 13.5. The molecule has 0 radical (unpaired) electrons. The molecule has 2 heteroatoms. The van der Waals surface area contributed by atoms with E-state index in [-0.39, 0.29) is 11.9 Å². The van der Waals surface area contributed by atoms with E-state index in [1.54, 1.807) is 0 Å². The van der Waals surface area contributed by atoms with Crippen molar-refractivity contribution in [2.45, 2.75) is 33.1 Å². The second-order valence-electron chi connectivity index (χ2n) is 4.00. The number of carbonyl (C=O) groups excluding carboxylic acids is 1. The van der Waals surface area contributed by atoms with Gasteiger partial charge in [-0.05, 0) is 25.8 Å². The van der Waals surface area contributed by atoms with Crippen molar-refractivity contribution < 1.29 is 9.53 Å². The predicted octanol–water partition coefficient (Wildman–Crippen LogP) is 3.69. The summed E-state index contributed by atoms with van der Waals surface area (Å²) in [4.78, 5) is 11.5. The highest BCUT2D eigenvalue weighted by atomic mass is 16.5. The third kappa shape index (κ3) is 4.06. The van der Waals surface area contributed by atoms with Gasteiger partial charge in [0.1, 0.15) is 0 Å². The Morgan fingerprint density at radius 3 is 2.47 bits per heavy atom. The van der Waals surface area contributed by atoms with Crippen molar-refractivity contribution in [3.8, 4) is 0 Å². The van der Waals surface area contributed by atoms with Gasteiger partial charge in [-0.1, -0.05) is 43.3 Å². The predicted molar refractivity (Wildman–Crippen MR) is 69.9 cm³/mol. The molecule has 92 valence electrons. The van der Waals surface area contributed by atoms with Crippen LogP contribution >= 0.6 is 0 Å². The molecule has 0 aliphatic heterocycles. The van der Waals surface area contributed by atoms with Gasteiger partial charge in [-0.3, -0.25) is 0 Å². The van der Waals surface area contributed by atoms with Crippen LogP contribution in [0.15, 0.2) is 42.0 Å². The van der Waals surface area contributed by atoms with E-state index in [0.29, 0.717) is 12.2 Å². The van der Waals surface area contributed by atoms with Gasteiger partial charge in [0.25, 0.3) is 0 Å². The quantitative estimate of drug-likeness (QED) is 0.571. The number of carbonyl (C=O) groups is 1. The molecule has 0 aromatic heterocycles.